The highest BCUT2D eigenvalue weighted by Crippen LogP contribution is 2.18. The Morgan fingerprint density at radius 1 is 1.28 bits per heavy atom. The summed E-state index contributed by atoms with van der Waals surface area (Å²) >= 11 is 5.86. The van der Waals surface area contributed by atoms with Gasteiger partial charge in [-0.15, -0.1) is 0 Å². The minimum atomic E-state index is -0.0935. The molecule has 0 saturated carbocycles. The maximum Gasteiger partial charge on any atom is 0.138 e. The van der Waals surface area contributed by atoms with Crippen LogP contribution in [0.5, 0.6) is 0 Å². The molecule has 0 aliphatic rings. The van der Waals surface area contributed by atoms with Crippen molar-refractivity contribution in [2.45, 2.75) is 32.4 Å². The average Bonchev–Trinajstić information content (AvgIpc) is 2.78. The van der Waals surface area contributed by atoms with Crippen molar-refractivity contribution in [2.24, 2.45) is 5.73 Å². The molecule has 1 heterocycles. The van der Waals surface area contributed by atoms with Gasteiger partial charge in [0.25, 0.3) is 0 Å². The summed E-state index contributed by atoms with van der Waals surface area (Å²) in [5.41, 5.74) is 7.23. The predicted octanol–water partition coefficient (Wildman–Crippen LogP) is 2.75. The Morgan fingerprint density at radius 3 is 2.56 bits per heavy atom. The van der Waals surface area contributed by atoms with E-state index in [-0.39, 0.29) is 6.04 Å². The van der Waals surface area contributed by atoms with Crippen molar-refractivity contribution in [1.29, 1.82) is 0 Å². The van der Waals surface area contributed by atoms with Gasteiger partial charge in [-0.05, 0) is 31.5 Å². The molecular formula is C13H17ClN4. The molecule has 1 aromatic heterocycles. The summed E-state index contributed by atoms with van der Waals surface area (Å²) in [6, 6.07) is 7.80. The highest BCUT2D eigenvalue weighted by atomic mass is 35.5. The fourth-order valence-electron chi connectivity index (χ4n) is 1.88. The summed E-state index contributed by atoms with van der Waals surface area (Å²) in [6.07, 6.45) is 2.24. The molecule has 0 spiro atoms. The Kier molecular flexibility index (Phi) is 3.99. The van der Waals surface area contributed by atoms with E-state index in [0.29, 0.717) is 12.5 Å². The van der Waals surface area contributed by atoms with E-state index in [1.54, 1.807) is 6.33 Å². The first-order valence-electron chi connectivity index (χ1n) is 5.97. The van der Waals surface area contributed by atoms with Gasteiger partial charge in [-0.2, -0.15) is 5.10 Å². The van der Waals surface area contributed by atoms with Crippen LogP contribution in [-0.4, -0.2) is 14.8 Å². The Labute approximate surface area is 112 Å². The number of hydrogen-bond acceptors (Lipinski definition) is 3. The molecule has 0 radical (unpaired) electrons. The molecule has 2 N–H and O–H groups in total. The predicted molar refractivity (Wildman–Crippen MR) is 72.5 cm³/mol. The van der Waals surface area contributed by atoms with Crippen LogP contribution in [-0.2, 0) is 6.42 Å². The Morgan fingerprint density at radius 2 is 1.94 bits per heavy atom. The van der Waals surface area contributed by atoms with E-state index in [2.05, 4.69) is 23.9 Å². The molecule has 0 amide bonds. The van der Waals surface area contributed by atoms with E-state index in [0.717, 1.165) is 16.4 Å². The molecule has 5 heteroatoms. The highest BCUT2D eigenvalue weighted by Gasteiger charge is 2.13. The third-order valence-corrected chi connectivity index (χ3v) is 3.09. The standard InChI is InChI=1S/C13H17ClN4/c1-9(2)18-13(16-8-17-18)7-12(15)10-3-5-11(14)6-4-10/h3-6,8-9,12H,7,15H2,1-2H3. The van der Waals surface area contributed by atoms with E-state index >= 15 is 0 Å². The summed E-state index contributed by atoms with van der Waals surface area (Å²) in [5.74, 6) is 0.910. The van der Waals surface area contributed by atoms with Crippen molar-refractivity contribution in [1.82, 2.24) is 14.8 Å². The lowest BCUT2D eigenvalue weighted by Crippen LogP contribution is -2.17. The number of aromatic nitrogens is 3. The van der Waals surface area contributed by atoms with Crippen LogP contribution in [0.1, 0.15) is 37.3 Å². The van der Waals surface area contributed by atoms with Gasteiger partial charge in [-0.25, -0.2) is 9.67 Å². The van der Waals surface area contributed by atoms with Crippen LogP contribution in [0.2, 0.25) is 5.02 Å². The van der Waals surface area contributed by atoms with Gasteiger partial charge in [0.1, 0.15) is 12.2 Å². The SMILES string of the molecule is CC(C)n1ncnc1CC(N)c1ccc(Cl)cc1. The van der Waals surface area contributed by atoms with Gasteiger partial charge in [0.05, 0.1) is 0 Å². The van der Waals surface area contributed by atoms with Crippen molar-refractivity contribution in [3.05, 3.63) is 47.0 Å². The molecule has 0 aliphatic heterocycles. The number of rotatable bonds is 4. The lowest BCUT2D eigenvalue weighted by molar-refractivity contribution is 0.493. The number of halogens is 1. The van der Waals surface area contributed by atoms with Crippen LogP contribution in [0.25, 0.3) is 0 Å². The Balaban J connectivity index is 2.13. The van der Waals surface area contributed by atoms with Gasteiger partial charge in [-0.1, -0.05) is 23.7 Å². The molecule has 1 aromatic carbocycles. The van der Waals surface area contributed by atoms with E-state index in [1.165, 1.54) is 0 Å². The van der Waals surface area contributed by atoms with Gasteiger partial charge in [0.15, 0.2) is 0 Å². The lowest BCUT2D eigenvalue weighted by atomic mass is 10.0. The van der Waals surface area contributed by atoms with Gasteiger partial charge in [0, 0.05) is 23.5 Å². The van der Waals surface area contributed by atoms with Crippen LogP contribution in [0.15, 0.2) is 30.6 Å². The van der Waals surface area contributed by atoms with Gasteiger partial charge in [-0.3, -0.25) is 0 Å². The number of nitrogens with zero attached hydrogens (tertiary/aromatic N) is 3. The summed E-state index contributed by atoms with van der Waals surface area (Å²) in [5, 5.41) is 4.92. The second kappa shape index (κ2) is 5.50. The van der Waals surface area contributed by atoms with Crippen LogP contribution in [0.4, 0.5) is 0 Å². The van der Waals surface area contributed by atoms with Crippen molar-refractivity contribution < 1.29 is 0 Å². The smallest absolute Gasteiger partial charge is 0.138 e. The van der Waals surface area contributed by atoms with E-state index in [9.17, 15) is 0 Å². The molecular weight excluding hydrogens is 248 g/mol. The maximum atomic E-state index is 6.18. The third kappa shape index (κ3) is 2.89. The van der Waals surface area contributed by atoms with Gasteiger partial charge in [0.2, 0.25) is 0 Å². The normalized spacial score (nSPS) is 12.9. The summed E-state index contributed by atoms with van der Waals surface area (Å²) in [6.45, 7) is 4.15. The van der Waals surface area contributed by atoms with Crippen molar-refractivity contribution in [2.75, 3.05) is 0 Å². The summed E-state index contributed by atoms with van der Waals surface area (Å²) in [4.78, 5) is 4.27. The zero-order valence-electron chi connectivity index (χ0n) is 10.5. The molecule has 4 nitrogen and oxygen atoms in total. The van der Waals surface area contributed by atoms with Crippen molar-refractivity contribution in [3.8, 4) is 0 Å². The van der Waals surface area contributed by atoms with E-state index in [1.807, 2.05) is 28.9 Å². The second-order valence-electron chi connectivity index (χ2n) is 4.58. The zero-order chi connectivity index (χ0) is 13.1. The van der Waals surface area contributed by atoms with Crippen molar-refractivity contribution >= 4 is 11.6 Å². The molecule has 1 unspecified atom stereocenters. The summed E-state index contributed by atoms with van der Waals surface area (Å²) in [7, 11) is 0. The third-order valence-electron chi connectivity index (χ3n) is 2.84. The number of nitrogens with two attached hydrogens (primary N) is 1. The molecule has 0 fully saturated rings. The lowest BCUT2D eigenvalue weighted by Gasteiger charge is -2.14. The van der Waals surface area contributed by atoms with Gasteiger partial charge >= 0.3 is 0 Å². The molecule has 1 atom stereocenters. The first-order valence-corrected chi connectivity index (χ1v) is 6.35. The van der Waals surface area contributed by atoms with Gasteiger partial charge < -0.3 is 5.73 Å². The van der Waals surface area contributed by atoms with Crippen LogP contribution < -0.4 is 5.73 Å². The van der Waals surface area contributed by atoms with E-state index in [4.69, 9.17) is 17.3 Å². The monoisotopic (exact) mass is 264 g/mol. The molecule has 18 heavy (non-hydrogen) atoms. The number of hydrogen-bond donors (Lipinski definition) is 1. The minimum Gasteiger partial charge on any atom is -0.324 e. The molecule has 2 rings (SSSR count). The van der Waals surface area contributed by atoms with Crippen LogP contribution in [0.3, 0.4) is 0 Å². The Hall–Kier alpha value is -1.39. The minimum absolute atomic E-state index is 0.0935. The fourth-order valence-corrected chi connectivity index (χ4v) is 2.00. The maximum absolute atomic E-state index is 6.18. The largest absolute Gasteiger partial charge is 0.324 e. The zero-order valence-corrected chi connectivity index (χ0v) is 11.3. The summed E-state index contributed by atoms with van der Waals surface area (Å²) < 4.78 is 1.90. The van der Waals surface area contributed by atoms with Crippen molar-refractivity contribution in [3.63, 3.8) is 0 Å². The van der Waals surface area contributed by atoms with E-state index < -0.39 is 0 Å². The fraction of sp³-hybridized carbons (Fsp3) is 0.385. The molecule has 0 saturated heterocycles. The molecule has 0 aliphatic carbocycles. The molecule has 0 bridgehead atoms. The van der Waals surface area contributed by atoms with Crippen LogP contribution >= 0.6 is 11.6 Å². The first kappa shape index (κ1) is 13.1. The van der Waals surface area contributed by atoms with Crippen LogP contribution in [0, 0.1) is 0 Å². The molecule has 2 aromatic rings. The number of benzene rings is 1. The average molecular weight is 265 g/mol. The second-order valence-corrected chi connectivity index (χ2v) is 5.01. The highest BCUT2D eigenvalue weighted by molar-refractivity contribution is 6.30. The first-order chi connectivity index (χ1) is 8.58. The topological polar surface area (TPSA) is 56.7 Å². The Bertz CT molecular complexity index is 504. The quantitative estimate of drug-likeness (QED) is 0.924. The molecule has 96 valence electrons.